The van der Waals surface area contributed by atoms with Gasteiger partial charge in [-0.15, -0.1) is 0 Å². The van der Waals surface area contributed by atoms with Gasteiger partial charge in [-0.2, -0.15) is 0 Å². The van der Waals surface area contributed by atoms with E-state index < -0.39 is 0 Å². The molecule has 3 atom stereocenters. The molecule has 1 nitrogen and oxygen atoms in total. The van der Waals surface area contributed by atoms with E-state index in [2.05, 4.69) is 25.7 Å². The van der Waals surface area contributed by atoms with Gasteiger partial charge in [0.1, 0.15) is 6.29 Å². The van der Waals surface area contributed by atoms with E-state index >= 15 is 0 Å². The highest BCUT2D eigenvalue weighted by atomic mass is 16.1. The zero-order chi connectivity index (χ0) is 9.47. The molecule has 2 aliphatic carbocycles. The Kier molecular flexibility index (Phi) is 1.76. The molecule has 0 amide bonds. The molecule has 0 saturated heterocycles. The summed E-state index contributed by atoms with van der Waals surface area (Å²) in [7, 11) is 0. The average Bonchev–Trinajstić information content (AvgIpc) is 2.68. The maximum atomic E-state index is 10.3. The van der Waals surface area contributed by atoms with E-state index in [-0.39, 0.29) is 5.41 Å². The van der Waals surface area contributed by atoms with Gasteiger partial charge in [-0.3, -0.25) is 4.79 Å². The first-order valence-electron chi connectivity index (χ1n) is 4.69. The molecule has 2 aliphatic rings. The second-order valence-corrected chi connectivity index (χ2v) is 4.14. The van der Waals surface area contributed by atoms with E-state index in [1.165, 1.54) is 12.0 Å². The molecular formula is C12H14O. The lowest BCUT2D eigenvalue weighted by molar-refractivity contribution is -0.104. The molecule has 2 rings (SSSR count). The zero-order valence-corrected chi connectivity index (χ0v) is 7.86. The van der Waals surface area contributed by atoms with Crippen LogP contribution in [0.15, 0.2) is 36.5 Å². The number of fused-ring (bicyclic) bond motifs is 2. The number of hydrogen-bond donors (Lipinski definition) is 0. The van der Waals surface area contributed by atoms with Crippen LogP contribution in [0.4, 0.5) is 0 Å². The smallest absolute Gasteiger partial charge is 0.142 e. The van der Waals surface area contributed by atoms with Crippen molar-refractivity contribution < 1.29 is 4.79 Å². The highest BCUT2D eigenvalue weighted by Crippen LogP contribution is 2.55. The van der Waals surface area contributed by atoms with Crippen LogP contribution in [0.1, 0.15) is 13.3 Å². The number of hydrogen-bond acceptors (Lipinski definition) is 1. The molecule has 2 bridgehead atoms. The number of aldehydes is 1. The first-order chi connectivity index (χ1) is 6.18. The summed E-state index contributed by atoms with van der Waals surface area (Å²) in [6, 6.07) is 0. The molecule has 0 aromatic heterocycles. The molecular weight excluding hydrogens is 160 g/mol. The van der Waals surface area contributed by atoms with E-state index in [1.54, 1.807) is 6.08 Å². The van der Waals surface area contributed by atoms with Crippen molar-refractivity contribution in [3.8, 4) is 0 Å². The summed E-state index contributed by atoms with van der Waals surface area (Å²) in [5, 5.41) is 0. The summed E-state index contributed by atoms with van der Waals surface area (Å²) >= 11 is 0. The molecule has 0 unspecified atom stereocenters. The molecule has 13 heavy (non-hydrogen) atoms. The molecule has 0 aromatic carbocycles. The van der Waals surface area contributed by atoms with Gasteiger partial charge in [-0.05, 0) is 24.3 Å². The van der Waals surface area contributed by atoms with Gasteiger partial charge >= 0.3 is 0 Å². The highest BCUT2D eigenvalue weighted by molar-refractivity contribution is 5.65. The summed E-state index contributed by atoms with van der Waals surface area (Å²) < 4.78 is 0. The third-order valence-corrected chi connectivity index (χ3v) is 3.51. The molecule has 1 heteroatoms. The Morgan fingerprint density at radius 2 is 2.38 bits per heavy atom. The number of carbonyl (C=O) groups is 1. The van der Waals surface area contributed by atoms with Crippen LogP contribution >= 0.6 is 0 Å². The Bertz CT molecular complexity index is 311. The van der Waals surface area contributed by atoms with Gasteiger partial charge in [0.05, 0.1) is 0 Å². The van der Waals surface area contributed by atoms with Gasteiger partial charge in [0.2, 0.25) is 0 Å². The zero-order valence-electron chi connectivity index (χ0n) is 7.86. The third kappa shape index (κ3) is 1.03. The largest absolute Gasteiger partial charge is 0.299 e. The van der Waals surface area contributed by atoms with Crippen LogP contribution in [0.2, 0.25) is 0 Å². The summed E-state index contributed by atoms with van der Waals surface area (Å²) in [5.74, 6) is 1.10. The molecule has 0 radical (unpaired) electrons. The fraction of sp³-hybridized carbons (Fsp3) is 0.417. The van der Waals surface area contributed by atoms with E-state index in [4.69, 9.17) is 0 Å². The molecule has 0 N–H and O–H groups in total. The summed E-state index contributed by atoms with van der Waals surface area (Å²) in [4.78, 5) is 10.3. The van der Waals surface area contributed by atoms with Crippen LogP contribution in [0.3, 0.4) is 0 Å². The van der Waals surface area contributed by atoms with Crippen molar-refractivity contribution in [2.45, 2.75) is 13.3 Å². The third-order valence-electron chi connectivity index (χ3n) is 3.51. The fourth-order valence-corrected chi connectivity index (χ4v) is 2.51. The van der Waals surface area contributed by atoms with Crippen molar-refractivity contribution in [1.82, 2.24) is 0 Å². The average molecular weight is 174 g/mol. The molecule has 0 aliphatic heterocycles. The van der Waals surface area contributed by atoms with Gasteiger partial charge in [0, 0.05) is 5.41 Å². The van der Waals surface area contributed by atoms with Gasteiger partial charge in [-0.1, -0.05) is 37.3 Å². The van der Waals surface area contributed by atoms with Crippen molar-refractivity contribution in [2.75, 3.05) is 0 Å². The minimum Gasteiger partial charge on any atom is -0.299 e. The van der Waals surface area contributed by atoms with Gasteiger partial charge in [-0.25, -0.2) is 0 Å². The van der Waals surface area contributed by atoms with Gasteiger partial charge in [0.25, 0.3) is 0 Å². The predicted octanol–water partition coefficient (Wildman–Crippen LogP) is 2.51. The highest BCUT2D eigenvalue weighted by Gasteiger charge is 2.46. The Hall–Kier alpha value is -1.11. The first kappa shape index (κ1) is 8.49. The SMILES string of the molecule is C=C1[C@@H]2C=C[C@@H](C2)[C@]1(C)C=CC=O. The number of rotatable bonds is 2. The Morgan fingerprint density at radius 1 is 1.62 bits per heavy atom. The summed E-state index contributed by atoms with van der Waals surface area (Å²) in [5.41, 5.74) is 1.29. The maximum absolute atomic E-state index is 10.3. The fourth-order valence-electron chi connectivity index (χ4n) is 2.51. The quantitative estimate of drug-likeness (QED) is 0.357. The van der Waals surface area contributed by atoms with Crippen LogP contribution in [-0.2, 0) is 4.79 Å². The van der Waals surface area contributed by atoms with E-state index in [0.29, 0.717) is 11.8 Å². The maximum Gasteiger partial charge on any atom is 0.142 e. The van der Waals surface area contributed by atoms with Crippen molar-refractivity contribution in [2.24, 2.45) is 17.3 Å². The number of carbonyl (C=O) groups excluding carboxylic acids is 1. The Morgan fingerprint density at radius 3 is 2.92 bits per heavy atom. The second kappa shape index (κ2) is 2.69. The minimum atomic E-state index is 0.0281. The Labute approximate surface area is 78.8 Å². The molecule has 1 saturated carbocycles. The molecule has 68 valence electrons. The monoisotopic (exact) mass is 174 g/mol. The van der Waals surface area contributed by atoms with E-state index in [9.17, 15) is 4.79 Å². The molecule has 0 aromatic rings. The van der Waals surface area contributed by atoms with Gasteiger partial charge in [0.15, 0.2) is 0 Å². The number of allylic oxidation sites excluding steroid dienone is 5. The standard InChI is InChI=1S/C12H14O/c1-9-10-4-5-11(8-10)12(9,2)6-3-7-13/h3-7,10-11H,1,8H2,2H3/t10-,11+,12-/m1/s1. The van der Waals surface area contributed by atoms with Crippen molar-refractivity contribution in [3.05, 3.63) is 36.5 Å². The topological polar surface area (TPSA) is 17.1 Å². The lowest BCUT2D eigenvalue weighted by atomic mass is 9.74. The molecule has 0 spiro atoms. The normalized spacial score (nSPS) is 42.1. The Balaban J connectivity index is 2.33. The van der Waals surface area contributed by atoms with Crippen LogP contribution in [0.5, 0.6) is 0 Å². The summed E-state index contributed by atoms with van der Waals surface area (Å²) in [6.07, 6.45) is 10.1. The van der Waals surface area contributed by atoms with E-state index in [0.717, 1.165) is 6.29 Å². The van der Waals surface area contributed by atoms with Crippen molar-refractivity contribution in [3.63, 3.8) is 0 Å². The molecule has 1 fully saturated rings. The van der Waals surface area contributed by atoms with E-state index in [1.807, 2.05) is 6.08 Å². The minimum absolute atomic E-state index is 0.0281. The van der Waals surface area contributed by atoms with Crippen LogP contribution in [-0.4, -0.2) is 6.29 Å². The van der Waals surface area contributed by atoms with Crippen molar-refractivity contribution >= 4 is 6.29 Å². The van der Waals surface area contributed by atoms with Crippen LogP contribution in [0, 0.1) is 17.3 Å². The molecule has 0 heterocycles. The van der Waals surface area contributed by atoms with Gasteiger partial charge < -0.3 is 0 Å². The second-order valence-electron chi connectivity index (χ2n) is 4.14. The van der Waals surface area contributed by atoms with Crippen LogP contribution in [0.25, 0.3) is 0 Å². The van der Waals surface area contributed by atoms with Crippen LogP contribution < -0.4 is 0 Å². The lowest BCUT2D eigenvalue weighted by Gasteiger charge is -2.29. The first-order valence-corrected chi connectivity index (χ1v) is 4.69. The summed E-state index contributed by atoms with van der Waals surface area (Å²) in [6.45, 7) is 6.29. The van der Waals surface area contributed by atoms with Crippen molar-refractivity contribution in [1.29, 1.82) is 0 Å². The predicted molar refractivity (Wildman–Crippen MR) is 53.2 cm³/mol. The lowest BCUT2D eigenvalue weighted by Crippen LogP contribution is -2.21.